The monoisotopic (exact) mass is 506 g/mol. The number of pyridine rings is 1. The van der Waals surface area contributed by atoms with Gasteiger partial charge in [-0.3, -0.25) is 4.79 Å². The van der Waals surface area contributed by atoms with E-state index in [-0.39, 0.29) is 25.2 Å². The average Bonchev–Trinajstić information content (AvgIpc) is 2.85. The minimum atomic E-state index is -1.37. The van der Waals surface area contributed by atoms with Crippen LogP contribution in [0, 0.1) is 6.92 Å². The van der Waals surface area contributed by atoms with E-state index in [0.717, 1.165) is 16.7 Å². The summed E-state index contributed by atoms with van der Waals surface area (Å²) in [5, 5.41) is 21.0. The van der Waals surface area contributed by atoms with E-state index in [9.17, 15) is 15.0 Å². The molecule has 0 spiro atoms. The van der Waals surface area contributed by atoms with Crippen LogP contribution in [0.15, 0.2) is 54.6 Å². The van der Waals surface area contributed by atoms with Crippen LogP contribution in [0.25, 0.3) is 11.3 Å². The first-order chi connectivity index (χ1) is 17.3. The molecule has 0 saturated heterocycles. The first-order valence-electron chi connectivity index (χ1n) is 12.4. The number of benzene rings is 2. The summed E-state index contributed by atoms with van der Waals surface area (Å²) >= 11 is 0. The molecule has 0 aliphatic rings. The maximum absolute atomic E-state index is 13.1. The van der Waals surface area contributed by atoms with Crippen molar-refractivity contribution in [3.05, 3.63) is 77.0 Å². The van der Waals surface area contributed by atoms with Gasteiger partial charge in [-0.05, 0) is 76.9 Å². The van der Waals surface area contributed by atoms with Crippen LogP contribution < -0.4 is 15.2 Å². The Morgan fingerprint density at radius 2 is 1.73 bits per heavy atom. The number of aryl methyl sites for hydroxylation is 1. The summed E-state index contributed by atoms with van der Waals surface area (Å²) in [7, 11) is 1.51. The minimum absolute atomic E-state index is 0.0749. The fourth-order valence-corrected chi connectivity index (χ4v) is 3.85. The Bertz CT molecular complexity index is 1230. The molecular weight excluding hydrogens is 468 g/mol. The number of hydrogen-bond acceptors (Lipinski definition) is 7. The molecule has 3 rings (SSSR count). The molecule has 0 radical (unpaired) electrons. The molecule has 0 aliphatic carbocycles. The number of Topliss-reactive ketones (excluding diaryl/α,β-unsaturated/α-hetero) is 1. The highest BCUT2D eigenvalue weighted by molar-refractivity contribution is 5.96. The Morgan fingerprint density at radius 1 is 1.05 bits per heavy atom. The van der Waals surface area contributed by atoms with Crippen LogP contribution in [-0.4, -0.2) is 40.8 Å². The van der Waals surface area contributed by atoms with Crippen molar-refractivity contribution in [3.63, 3.8) is 0 Å². The van der Waals surface area contributed by atoms with Gasteiger partial charge >= 0.3 is 0 Å². The van der Waals surface area contributed by atoms with Crippen molar-refractivity contribution in [2.24, 2.45) is 5.73 Å². The summed E-state index contributed by atoms with van der Waals surface area (Å²) in [6.07, 6.45) is -0.408. The molecule has 2 atom stereocenters. The molecule has 0 aliphatic heterocycles. The highest BCUT2D eigenvalue weighted by atomic mass is 16.5. The lowest BCUT2D eigenvalue weighted by Gasteiger charge is -2.27. The van der Waals surface area contributed by atoms with E-state index in [1.54, 1.807) is 32.0 Å². The number of aliphatic hydroxyl groups excluding tert-OH is 1. The van der Waals surface area contributed by atoms with Crippen molar-refractivity contribution in [1.29, 1.82) is 0 Å². The molecule has 2 aromatic carbocycles. The van der Waals surface area contributed by atoms with E-state index in [1.807, 2.05) is 57.2 Å². The molecule has 1 heterocycles. The number of methoxy groups -OCH3 is 1. The van der Waals surface area contributed by atoms with E-state index in [0.29, 0.717) is 28.5 Å². The van der Waals surface area contributed by atoms with Gasteiger partial charge in [0.2, 0.25) is 0 Å². The molecule has 37 heavy (non-hydrogen) atoms. The number of carbonyl (C=O) groups excluding carboxylic acids is 1. The van der Waals surface area contributed by atoms with Crippen LogP contribution in [0.3, 0.4) is 0 Å². The van der Waals surface area contributed by atoms with Crippen LogP contribution in [-0.2, 0) is 11.1 Å². The second-order valence-electron chi connectivity index (χ2n) is 10.4. The molecule has 0 saturated carbocycles. The van der Waals surface area contributed by atoms with Gasteiger partial charge in [0.25, 0.3) is 0 Å². The zero-order chi connectivity index (χ0) is 27.4. The van der Waals surface area contributed by atoms with E-state index in [1.165, 1.54) is 7.11 Å². The Labute approximate surface area is 219 Å². The fraction of sp³-hybridized carbons (Fsp3) is 0.400. The van der Waals surface area contributed by atoms with Gasteiger partial charge in [-0.1, -0.05) is 29.8 Å². The quantitative estimate of drug-likeness (QED) is 0.317. The van der Waals surface area contributed by atoms with E-state index >= 15 is 0 Å². The zero-order valence-corrected chi connectivity index (χ0v) is 22.5. The van der Waals surface area contributed by atoms with Crippen molar-refractivity contribution < 1.29 is 24.5 Å². The molecule has 1 aromatic heterocycles. The third kappa shape index (κ3) is 7.38. The highest BCUT2D eigenvalue weighted by Gasteiger charge is 2.29. The van der Waals surface area contributed by atoms with Gasteiger partial charge in [-0.25, -0.2) is 4.98 Å². The number of nitrogens with zero attached hydrogens (tertiary/aromatic N) is 1. The minimum Gasteiger partial charge on any atom is -0.493 e. The number of aromatic nitrogens is 1. The third-order valence-corrected chi connectivity index (χ3v) is 6.27. The fourth-order valence-electron chi connectivity index (χ4n) is 3.85. The Hall–Kier alpha value is -3.26. The van der Waals surface area contributed by atoms with Gasteiger partial charge in [-0.15, -0.1) is 0 Å². The van der Waals surface area contributed by atoms with E-state index in [4.69, 9.17) is 20.2 Å². The molecule has 0 fully saturated rings. The number of carbonyl (C=O) groups is 1. The van der Waals surface area contributed by atoms with Crippen LogP contribution in [0.2, 0.25) is 0 Å². The molecule has 4 N–H and O–H groups in total. The maximum atomic E-state index is 13.1. The summed E-state index contributed by atoms with van der Waals surface area (Å²) in [6.45, 7) is 9.19. The average molecular weight is 507 g/mol. The number of ketones is 1. The van der Waals surface area contributed by atoms with Crippen molar-refractivity contribution >= 4 is 5.78 Å². The molecular formula is C30H38N2O5. The molecule has 7 nitrogen and oxygen atoms in total. The second-order valence-corrected chi connectivity index (χ2v) is 10.4. The van der Waals surface area contributed by atoms with Gasteiger partial charge in [0.1, 0.15) is 12.2 Å². The number of aliphatic hydroxyl groups is 2. The smallest absolute Gasteiger partial charge is 0.163 e. The van der Waals surface area contributed by atoms with E-state index < -0.39 is 17.2 Å². The van der Waals surface area contributed by atoms with Crippen molar-refractivity contribution in [3.8, 4) is 22.8 Å². The van der Waals surface area contributed by atoms with Crippen LogP contribution >= 0.6 is 0 Å². The molecule has 3 aromatic rings. The number of ether oxygens (including phenoxy) is 2. The summed E-state index contributed by atoms with van der Waals surface area (Å²) in [4.78, 5) is 17.8. The normalized spacial score (nSPS) is 14.1. The molecule has 2 unspecified atom stereocenters. The first kappa shape index (κ1) is 28.3. The predicted molar refractivity (Wildman–Crippen MR) is 145 cm³/mol. The summed E-state index contributed by atoms with van der Waals surface area (Å²) in [5.74, 6) is 0.695. The van der Waals surface area contributed by atoms with E-state index in [2.05, 4.69) is 0 Å². The predicted octanol–water partition coefficient (Wildman–Crippen LogP) is 4.89. The van der Waals surface area contributed by atoms with Gasteiger partial charge < -0.3 is 25.4 Å². The summed E-state index contributed by atoms with van der Waals surface area (Å²) in [6, 6.07) is 16.7. The van der Waals surface area contributed by atoms with Gasteiger partial charge in [0.15, 0.2) is 17.3 Å². The van der Waals surface area contributed by atoms with Crippen molar-refractivity contribution in [2.75, 3.05) is 13.7 Å². The number of rotatable bonds is 11. The van der Waals surface area contributed by atoms with Gasteiger partial charge in [0.05, 0.1) is 24.6 Å². The largest absolute Gasteiger partial charge is 0.493 e. The highest BCUT2D eigenvalue weighted by Crippen LogP contribution is 2.33. The van der Waals surface area contributed by atoms with Crippen LogP contribution in [0.1, 0.15) is 67.7 Å². The van der Waals surface area contributed by atoms with Crippen molar-refractivity contribution in [2.45, 2.75) is 64.7 Å². The SMILES string of the molecule is COc1ccc(C(=O)CCC(C)(O)c2cc(C(C)(C)N)cc(-c3ccc(C)cc3)n2)cc1OCC(C)O. The van der Waals surface area contributed by atoms with Crippen molar-refractivity contribution in [1.82, 2.24) is 4.98 Å². The number of hydrogen-bond donors (Lipinski definition) is 3. The van der Waals surface area contributed by atoms with Crippen LogP contribution in [0.5, 0.6) is 11.5 Å². The molecule has 7 heteroatoms. The zero-order valence-electron chi connectivity index (χ0n) is 22.5. The summed E-state index contributed by atoms with van der Waals surface area (Å²) < 4.78 is 10.9. The second kappa shape index (κ2) is 11.4. The Morgan fingerprint density at radius 3 is 2.32 bits per heavy atom. The molecule has 0 bridgehead atoms. The molecule has 0 amide bonds. The first-order valence-corrected chi connectivity index (χ1v) is 12.4. The lowest BCUT2D eigenvalue weighted by Crippen LogP contribution is -2.31. The summed E-state index contributed by atoms with van der Waals surface area (Å²) in [5.41, 5.74) is 8.92. The molecule has 198 valence electrons. The topological polar surface area (TPSA) is 115 Å². The Kier molecular flexibility index (Phi) is 8.74. The lowest BCUT2D eigenvalue weighted by atomic mass is 9.88. The number of nitrogens with two attached hydrogens (primary N) is 1. The standard InChI is InChI=1S/C30H38N2O5/c1-19-7-9-21(10-8-19)24-16-23(29(3,4)31)17-28(32-24)30(5,35)14-13-25(34)22-11-12-26(36-6)27(15-22)37-18-20(2)33/h7-12,15-17,20,33,35H,13-14,18,31H2,1-6H3. The lowest BCUT2D eigenvalue weighted by molar-refractivity contribution is 0.0396. The Balaban J connectivity index is 1.86. The van der Waals surface area contributed by atoms with Gasteiger partial charge in [0, 0.05) is 23.1 Å². The maximum Gasteiger partial charge on any atom is 0.163 e. The third-order valence-electron chi connectivity index (χ3n) is 6.27. The van der Waals surface area contributed by atoms with Crippen LogP contribution in [0.4, 0.5) is 0 Å². The van der Waals surface area contributed by atoms with Gasteiger partial charge in [-0.2, -0.15) is 0 Å².